The van der Waals surface area contributed by atoms with Crippen LogP contribution in [0.1, 0.15) is 76.6 Å². The molecular weight excluding hydrogens is 544 g/mol. The maximum absolute atomic E-state index is 15.1. The Balaban J connectivity index is 1.38. The van der Waals surface area contributed by atoms with Crippen LogP contribution in [0.15, 0.2) is 61.2 Å². The van der Waals surface area contributed by atoms with Crippen molar-refractivity contribution in [1.82, 2.24) is 0 Å². The molecule has 1 aliphatic heterocycles. The molecule has 1 heterocycles. The van der Waals surface area contributed by atoms with Crippen molar-refractivity contribution in [2.45, 2.75) is 71.0 Å². The topological polar surface area (TPSA) is 27.7 Å². The van der Waals surface area contributed by atoms with Crippen LogP contribution in [0.4, 0.5) is 17.6 Å². The third-order valence-corrected chi connectivity index (χ3v) is 7.67. The molecule has 1 saturated heterocycles. The molecule has 1 aliphatic rings. The van der Waals surface area contributed by atoms with Crippen molar-refractivity contribution in [2.75, 3.05) is 19.8 Å². The van der Waals surface area contributed by atoms with E-state index in [2.05, 4.69) is 13.5 Å². The summed E-state index contributed by atoms with van der Waals surface area (Å²) in [6.45, 7) is 7.00. The molecule has 0 N–H and O–H groups in total. The Morgan fingerprint density at radius 1 is 0.738 bits per heavy atom. The minimum absolute atomic E-state index is 0.00173. The average Bonchev–Trinajstić information content (AvgIpc) is 3.01. The lowest BCUT2D eigenvalue weighted by Gasteiger charge is -2.29. The van der Waals surface area contributed by atoms with Crippen molar-refractivity contribution >= 4 is 0 Å². The van der Waals surface area contributed by atoms with Gasteiger partial charge in [-0.3, -0.25) is 0 Å². The molecule has 3 aromatic rings. The molecule has 0 spiro atoms. The summed E-state index contributed by atoms with van der Waals surface area (Å²) in [6, 6.07) is 12.0. The smallest absolute Gasteiger partial charge is 0.201 e. The van der Waals surface area contributed by atoms with Crippen LogP contribution in [0.5, 0.6) is 5.75 Å². The van der Waals surface area contributed by atoms with E-state index in [-0.39, 0.29) is 28.4 Å². The van der Waals surface area contributed by atoms with E-state index in [0.29, 0.717) is 30.9 Å². The van der Waals surface area contributed by atoms with Crippen molar-refractivity contribution in [3.63, 3.8) is 0 Å². The molecule has 0 bridgehead atoms. The van der Waals surface area contributed by atoms with Gasteiger partial charge in [-0.2, -0.15) is 4.39 Å². The van der Waals surface area contributed by atoms with Crippen LogP contribution in [0.3, 0.4) is 0 Å². The first kappa shape index (κ1) is 31.8. The highest BCUT2D eigenvalue weighted by atomic mass is 19.2. The molecule has 226 valence electrons. The third-order valence-electron chi connectivity index (χ3n) is 7.67. The molecule has 0 unspecified atom stereocenters. The molecule has 4 rings (SSSR count). The second kappa shape index (κ2) is 15.9. The normalized spacial score (nSPS) is 16.9. The number of unbranched alkanes of at least 4 members (excludes halogenated alkanes) is 6. The Kier molecular flexibility index (Phi) is 12.0. The molecule has 42 heavy (non-hydrogen) atoms. The number of halogens is 4. The van der Waals surface area contributed by atoms with E-state index in [0.717, 1.165) is 32.1 Å². The predicted molar refractivity (Wildman–Crippen MR) is 158 cm³/mol. The van der Waals surface area contributed by atoms with Gasteiger partial charge in [-0.1, -0.05) is 87.9 Å². The zero-order chi connectivity index (χ0) is 29.9. The summed E-state index contributed by atoms with van der Waals surface area (Å²) in [7, 11) is 0. The van der Waals surface area contributed by atoms with Gasteiger partial charge in [0.2, 0.25) is 5.82 Å². The number of rotatable bonds is 15. The van der Waals surface area contributed by atoms with Crippen molar-refractivity contribution in [2.24, 2.45) is 5.92 Å². The fourth-order valence-corrected chi connectivity index (χ4v) is 5.15. The van der Waals surface area contributed by atoms with Gasteiger partial charge in [0.05, 0.1) is 19.8 Å². The Morgan fingerprint density at radius 2 is 1.31 bits per heavy atom. The van der Waals surface area contributed by atoms with Crippen molar-refractivity contribution < 1.29 is 31.8 Å². The molecule has 0 atom stereocenters. The summed E-state index contributed by atoms with van der Waals surface area (Å²) < 4.78 is 76.7. The minimum Gasteiger partial charge on any atom is -0.490 e. The van der Waals surface area contributed by atoms with Crippen LogP contribution in [0.25, 0.3) is 22.3 Å². The van der Waals surface area contributed by atoms with Gasteiger partial charge in [-0.25, -0.2) is 13.2 Å². The van der Waals surface area contributed by atoms with E-state index in [1.807, 2.05) is 6.08 Å². The zero-order valence-corrected chi connectivity index (χ0v) is 24.3. The van der Waals surface area contributed by atoms with Gasteiger partial charge in [0, 0.05) is 22.6 Å². The van der Waals surface area contributed by atoms with Gasteiger partial charge in [-0.15, -0.1) is 6.58 Å². The standard InChI is InChI=1S/C35H40F4O3/c1-3-5-7-8-9-10-11-21-40-30-20-19-28(32(37)34(30)39)26-15-13-25(14-16-26)27-17-18-29(33(38)31(27)36)35-41-22-24(23-42-35)12-6-4-2/h4,13-20,24,35H,2-3,5-12,21-23H2,1H3. The minimum atomic E-state index is -1.04. The lowest BCUT2D eigenvalue weighted by atomic mass is 9.98. The van der Waals surface area contributed by atoms with Crippen LogP contribution in [-0.4, -0.2) is 19.8 Å². The second-order valence-corrected chi connectivity index (χ2v) is 10.8. The Morgan fingerprint density at radius 3 is 1.93 bits per heavy atom. The Hall–Kier alpha value is -3.16. The van der Waals surface area contributed by atoms with E-state index >= 15 is 8.78 Å². The highest BCUT2D eigenvalue weighted by molar-refractivity contribution is 5.71. The maximum atomic E-state index is 15.1. The first-order valence-corrected chi connectivity index (χ1v) is 15.0. The van der Waals surface area contributed by atoms with Gasteiger partial charge < -0.3 is 14.2 Å². The Labute approximate surface area is 246 Å². The zero-order valence-electron chi connectivity index (χ0n) is 24.3. The summed E-state index contributed by atoms with van der Waals surface area (Å²) in [5.41, 5.74) is 0.904. The highest BCUT2D eigenvalue weighted by Crippen LogP contribution is 2.35. The van der Waals surface area contributed by atoms with Crippen molar-refractivity contribution in [1.29, 1.82) is 0 Å². The quantitative estimate of drug-likeness (QED) is 0.101. The second-order valence-electron chi connectivity index (χ2n) is 10.8. The van der Waals surface area contributed by atoms with Crippen LogP contribution in [-0.2, 0) is 9.47 Å². The first-order chi connectivity index (χ1) is 20.4. The molecule has 0 radical (unpaired) electrons. The van der Waals surface area contributed by atoms with Crippen LogP contribution < -0.4 is 4.74 Å². The molecule has 3 aromatic carbocycles. The predicted octanol–water partition coefficient (Wildman–Crippen LogP) is 10.3. The molecule has 7 heteroatoms. The van der Waals surface area contributed by atoms with Gasteiger partial charge in [-0.05, 0) is 42.5 Å². The number of benzene rings is 3. The summed E-state index contributed by atoms with van der Waals surface area (Å²) in [4.78, 5) is 0. The number of allylic oxidation sites excluding steroid dienone is 1. The molecule has 0 saturated carbocycles. The lowest BCUT2D eigenvalue weighted by molar-refractivity contribution is -0.207. The summed E-state index contributed by atoms with van der Waals surface area (Å²) in [6.07, 6.45) is 10.3. The summed E-state index contributed by atoms with van der Waals surface area (Å²) in [5.74, 6) is -4.05. The van der Waals surface area contributed by atoms with E-state index in [1.165, 1.54) is 49.9 Å². The average molecular weight is 585 g/mol. The van der Waals surface area contributed by atoms with E-state index in [4.69, 9.17) is 14.2 Å². The Bertz CT molecular complexity index is 1300. The number of hydrogen-bond donors (Lipinski definition) is 0. The van der Waals surface area contributed by atoms with Crippen molar-refractivity contribution in [3.05, 3.63) is 90.0 Å². The van der Waals surface area contributed by atoms with E-state index in [9.17, 15) is 8.78 Å². The molecule has 0 aliphatic carbocycles. The first-order valence-electron chi connectivity index (χ1n) is 15.0. The van der Waals surface area contributed by atoms with Gasteiger partial charge >= 0.3 is 0 Å². The summed E-state index contributed by atoms with van der Waals surface area (Å²) in [5, 5.41) is 0. The van der Waals surface area contributed by atoms with Crippen LogP contribution in [0.2, 0.25) is 0 Å². The van der Waals surface area contributed by atoms with Crippen LogP contribution in [0, 0.1) is 29.2 Å². The van der Waals surface area contributed by atoms with Gasteiger partial charge in [0.1, 0.15) is 0 Å². The molecule has 0 amide bonds. The van der Waals surface area contributed by atoms with Gasteiger partial charge in [0.15, 0.2) is 29.5 Å². The van der Waals surface area contributed by atoms with E-state index < -0.39 is 29.6 Å². The molecule has 3 nitrogen and oxygen atoms in total. The SMILES string of the molecule is C=CCCC1COC(c2ccc(-c3ccc(-c4ccc(OCCCCCCCCC)c(F)c4F)cc3)c(F)c2F)OC1. The largest absolute Gasteiger partial charge is 0.490 e. The van der Waals surface area contributed by atoms with Crippen LogP contribution >= 0.6 is 0 Å². The molecule has 1 fully saturated rings. The summed E-state index contributed by atoms with van der Waals surface area (Å²) >= 11 is 0. The highest BCUT2D eigenvalue weighted by Gasteiger charge is 2.28. The number of hydrogen-bond acceptors (Lipinski definition) is 3. The monoisotopic (exact) mass is 584 g/mol. The fraction of sp³-hybridized carbons (Fsp3) is 0.429. The van der Waals surface area contributed by atoms with Crippen molar-refractivity contribution in [3.8, 4) is 28.0 Å². The fourth-order valence-electron chi connectivity index (χ4n) is 5.15. The third kappa shape index (κ3) is 8.01. The molecule has 0 aromatic heterocycles. The lowest BCUT2D eigenvalue weighted by Crippen LogP contribution is -2.27. The van der Waals surface area contributed by atoms with Gasteiger partial charge in [0.25, 0.3) is 0 Å². The number of ether oxygens (including phenoxy) is 3. The maximum Gasteiger partial charge on any atom is 0.201 e. The van der Waals surface area contributed by atoms with E-state index in [1.54, 1.807) is 24.3 Å². The molecular formula is C35H40F4O3.